The molecule has 3 aromatic rings. The summed E-state index contributed by atoms with van der Waals surface area (Å²) in [4.78, 5) is 36.7. The van der Waals surface area contributed by atoms with Crippen molar-refractivity contribution in [3.63, 3.8) is 0 Å². The molecule has 3 fully saturated rings. The molecule has 3 aliphatic rings. The third-order valence-corrected chi connectivity index (χ3v) is 10.1. The van der Waals surface area contributed by atoms with Gasteiger partial charge < -0.3 is 29.5 Å². The van der Waals surface area contributed by atoms with Gasteiger partial charge in [0.2, 0.25) is 0 Å². The van der Waals surface area contributed by atoms with Gasteiger partial charge in [-0.2, -0.15) is 0 Å². The number of fused-ring (bicyclic) bond motifs is 1. The van der Waals surface area contributed by atoms with E-state index in [0.717, 1.165) is 74.6 Å². The van der Waals surface area contributed by atoms with Crippen molar-refractivity contribution in [1.82, 2.24) is 24.3 Å². The summed E-state index contributed by atoms with van der Waals surface area (Å²) in [6.07, 6.45) is 11.3. The fourth-order valence-electron chi connectivity index (χ4n) is 7.76. The predicted octanol–water partition coefficient (Wildman–Crippen LogP) is 3.94. The fourth-order valence-corrected chi connectivity index (χ4v) is 7.76. The molecule has 3 aliphatic heterocycles. The SMILES string of the molecule is Cc1cncc2c1c(C[C@@H]1CCN(CC3CCN(C(=O)C(C)(C)O)CC3)C1)cn2-c1ccc(F)cc1C(=O)N1CCC[C@H]1CO. The van der Waals surface area contributed by atoms with Crippen molar-refractivity contribution in [2.45, 2.75) is 70.9 Å². The van der Waals surface area contributed by atoms with Crippen LogP contribution < -0.4 is 0 Å². The Hall–Kier alpha value is -3.34. The Balaban J connectivity index is 1.19. The summed E-state index contributed by atoms with van der Waals surface area (Å²) in [6, 6.07) is 4.14. The summed E-state index contributed by atoms with van der Waals surface area (Å²) >= 11 is 0. The summed E-state index contributed by atoms with van der Waals surface area (Å²) in [7, 11) is 0. The normalized spacial score (nSPS) is 21.7. The van der Waals surface area contributed by atoms with E-state index in [1.54, 1.807) is 29.7 Å². The van der Waals surface area contributed by atoms with E-state index >= 15 is 0 Å². The number of aliphatic hydroxyl groups is 2. The highest BCUT2D eigenvalue weighted by Crippen LogP contribution is 2.34. The van der Waals surface area contributed by atoms with Gasteiger partial charge in [0.1, 0.15) is 11.4 Å². The minimum absolute atomic E-state index is 0.102. The van der Waals surface area contributed by atoms with E-state index in [1.807, 2.05) is 17.0 Å². The number of hydrogen-bond acceptors (Lipinski definition) is 6. The zero-order chi connectivity index (χ0) is 31.9. The quantitative estimate of drug-likeness (QED) is 0.396. The Morgan fingerprint density at radius 3 is 2.53 bits per heavy atom. The number of aliphatic hydroxyl groups excluding tert-OH is 1. The van der Waals surface area contributed by atoms with Gasteiger partial charge in [-0.3, -0.25) is 14.6 Å². The second-order valence-corrected chi connectivity index (χ2v) is 13.9. The van der Waals surface area contributed by atoms with Gasteiger partial charge in [0.25, 0.3) is 11.8 Å². The number of benzene rings is 1. The number of aromatic nitrogens is 2. The standard InChI is InChI=1S/C35H46FN5O4/c1-23-17-37-18-31-32(23)26(15-25-8-12-38(20-25)19-24-9-13-39(14-10-24)34(44)35(2,3)45)21-41(31)30-7-6-27(36)16-29(30)33(43)40-11-4-5-28(40)22-42/h6-7,16-18,21,24-25,28,42,45H,4-5,8-15,19-20,22H2,1-3H3/t25-,28-/m0/s1. The van der Waals surface area contributed by atoms with E-state index in [4.69, 9.17) is 0 Å². The van der Waals surface area contributed by atoms with Crippen molar-refractivity contribution in [2.75, 3.05) is 45.9 Å². The number of carbonyl (C=O) groups is 2. The van der Waals surface area contributed by atoms with Crippen molar-refractivity contribution >= 4 is 22.7 Å². The van der Waals surface area contributed by atoms with Gasteiger partial charge in [0, 0.05) is 50.5 Å². The third kappa shape index (κ3) is 6.50. The Bertz CT molecular complexity index is 1560. The van der Waals surface area contributed by atoms with E-state index in [1.165, 1.54) is 17.7 Å². The van der Waals surface area contributed by atoms with Crippen molar-refractivity contribution in [3.8, 4) is 5.69 Å². The largest absolute Gasteiger partial charge is 0.394 e. The molecule has 0 aliphatic carbocycles. The molecule has 2 atom stereocenters. The van der Waals surface area contributed by atoms with Crippen molar-refractivity contribution in [2.24, 2.45) is 11.8 Å². The second kappa shape index (κ2) is 12.8. The Morgan fingerprint density at radius 2 is 1.80 bits per heavy atom. The molecule has 10 heteroatoms. The van der Waals surface area contributed by atoms with Gasteiger partial charge in [-0.1, -0.05) is 0 Å². The first-order chi connectivity index (χ1) is 21.5. The average molecular weight is 620 g/mol. The Morgan fingerprint density at radius 1 is 1.04 bits per heavy atom. The van der Waals surface area contributed by atoms with Gasteiger partial charge in [-0.05, 0) is 107 Å². The van der Waals surface area contributed by atoms with E-state index in [2.05, 4.69) is 23.0 Å². The van der Waals surface area contributed by atoms with Gasteiger partial charge in [0.05, 0.1) is 35.6 Å². The molecular weight excluding hydrogens is 573 g/mol. The molecule has 0 saturated carbocycles. The highest BCUT2D eigenvalue weighted by atomic mass is 19.1. The highest BCUT2D eigenvalue weighted by molar-refractivity contribution is 5.99. The zero-order valence-corrected chi connectivity index (χ0v) is 26.7. The molecule has 2 aromatic heterocycles. The predicted molar refractivity (Wildman–Crippen MR) is 171 cm³/mol. The lowest BCUT2D eigenvalue weighted by Crippen LogP contribution is -2.49. The molecule has 0 bridgehead atoms. The van der Waals surface area contributed by atoms with Crippen LogP contribution in [0.25, 0.3) is 16.6 Å². The first-order valence-electron chi connectivity index (χ1n) is 16.4. The summed E-state index contributed by atoms with van der Waals surface area (Å²) in [5, 5.41) is 21.1. The monoisotopic (exact) mass is 619 g/mol. The highest BCUT2D eigenvalue weighted by Gasteiger charge is 2.34. The van der Waals surface area contributed by atoms with E-state index in [-0.39, 0.29) is 24.5 Å². The maximum absolute atomic E-state index is 14.6. The maximum atomic E-state index is 14.6. The van der Waals surface area contributed by atoms with Crippen LogP contribution in [0.15, 0.2) is 36.8 Å². The molecule has 5 heterocycles. The molecular formula is C35H46FN5O4. The number of pyridine rings is 1. The lowest BCUT2D eigenvalue weighted by Gasteiger charge is -2.36. The van der Waals surface area contributed by atoms with Crippen molar-refractivity contribution in [3.05, 3.63) is 59.3 Å². The van der Waals surface area contributed by atoms with Crippen LogP contribution >= 0.6 is 0 Å². The van der Waals surface area contributed by atoms with Gasteiger partial charge >= 0.3 is 0 Å². The summed E-state index contributed by atoms with van der Waals surface area (Å²) in [5.74, 6) is 0.118. The number of aryl methyl sites for hydroxylation is 1. The van der Waals surface area contributed by atoms with Crippen LogP contribution in [-0.2, 0) is 11.2 Å². The molecule has 0 radical (unpaired) electrons. The molecule has 3 saturated heterocycles. The van der Waals surface area contributed by atoms with Gasteiger partial charge in [-0.15, -0.1) is 0 Å². The number of piperidine rings is 1. The lowest BCUT2D eigenvalue weighted by molar-refractivity contribution is -0.149. The number of halogens is 1. The number of nitrogens with zero attached hydrogens (tertiary/aromatic N) is 5. The number of carbonyl (C=O) groups excluding carboxylic acids is 2. The number of hydrogen-bond donors (Lipinski definition) is 2. The molecule has 45 heavy (non-hydrogen) atoms. The smallest absolute Gasteiger partial charge is 0.256 e. The minimum Gasteiger partial charge on any atom is -0.394 e. The van der Waals surface area contributed by atoms with Crippen LogP contribution in [-0.4, -0.2) is 104 Å². The molecule has 9 nitrogen and oxygen atoms in total. The lowest BCUT2D eigenvalue weighted by atomic mass is 9.94. The van der Waals surface area contributed by atoms with Crippen LogP contribution in [0.5, 0.6) is 0 Å². The van der Waals surface area contributed by atoms with E-state index in [9.17, 15) is 24.2 Å². The fraction of sp³-hybridized carbons (Fsp3) is 0.571. The molecule has 1 aromatic carbocycles. The number of amides is 2. The van der Waals surface area contributed by atoms with Gasteiger partial charge in [0.15, 0.2) is 0 Å². The summed E-state index contributed by atoms with van der Waals surface area (Å²) < 4.78 is 16.6. The molecule has 2 N–H and O–H groups in total. The summed E-state index contributed by atoms with van der Waals surface area (Å²) in [5.41, 5.74) is 2.76. The van der Waals surface area contributed by atoms with Crippen molar-refractivity contribution in [1.29, 1.82) is 0 Å². The number of rotatable bonds is 8. The first-order valence-corrected chi connectivity index (χ1v) is 16.4. The molecule has 242 valence electrons. The van der Waals surface area contributed by atoms with Crippen LogP contribution in [0.1, 0.15) is 67.4 Å². The van der Waals surface area contributed by atoms with E-state index < -0.39 is 11.4 Å². The third-order valence-electron chi connectivity index (χ3n) is 10.1. The second-order valence-electron chi connectivity index (χ2n) is 13.9. The van der Waals surface area contributed by atoms with Crippen LogP contribution in [0.2, 0.25) is 0 Å². The molecule has 6 rings (SSSR count). The van der Waals surface area contributed by atoms with E-state index in [0.29, 0.717) is 42.7 Å². The van der Waals surface area contributed by atoms with Gasteiger partial charge in [-0.25, -0.2) is 4.39 Å². The maximum Gasteiger partial charge on any atom is 0.256 e. The first kappa shape index (κ1) is 31.6. The van der Waals surface area contributed by atoms with Crippen LogP contribution in [0, 0.1) is 24.6 Å². The number of likely N-dealkylation sites (tertiary alicyclic amines) is 3. The molecule has 0 spiro atoms. The average Bonchev–Trinajstić information content (AvgIpc) is 3.76. The topological polar surface area (TPSA) is 102 Å². The Labute approximate surface area is 264 Å². The summed E-state index contributed by atoms with van der Waals surface area (Å²) in [6.45, 7) is 10.1. The van der Waals surface area contributed by atoms with Crippen LogP contribution in [0.3, 0.4) is 0 Å². The minimum atomic E-state index is -1.32. The molecule has 0 unspecified atom stereocenters. The Kier molecular flexibility index (Phi) is 9.00. The molecule has 2 amide bonds. The zero-order valence-electron chi connectivity index (χ0n) is 26.7. The van der Waals surface area contributed by atoms with Crippen LogP contribution in [0.4, 0.5) is 4.39 Å². The van der Waals surface area contributed by atoms with Crippen molar-refractivity contribution < 1.29 is 24.2 Å².